The van der Waals surface area contributed by atoms with Crippen LogP contribution < -0.4 is 0 Å². The zero-order chi connectivity index (χ0) is 10.6. The van der Waals surface area contributed by atoms with Gasteiger partial charge in [0.25, 0.3) is 0 Å². The Kier molecular flexibility index (Phi) is 3.50. The summed E-state index contributed by atoms with van der Waals surface area (Å²) in [6.45, 7) is 0. The summed E-state index contributed by atoms with van der Waals surface area (Å²) in [5.41, 5.74) is 0.735. The van der Waals surface area contributed by atoms with Crippen LogP contribution in [0.3, 0.4) is 0 Å². The molecule has 5 heteroatoms. The van der Waals surface area contributed by atoms with Crippen molar-refractivity contribution >= 4 is 19.7 Å². The van der Waals surface area contributed by atoms with Crippen molar-refractivity contribution in [1.82, 2.24) is 0 Å². The molecule has 1 rings (SSSR count). The normalized spacial score (nSPS) is 10.4. The second kappa shape index (κ2) is 4.45. The van der Waals surface area contributed by atoms with Crippen LogP contribution in [0.4, 0.5) is 4.39 Å². The molecule has 1 aromatic carbocycles. The van der Waals surface area contributed by atoms with Crippen LogP contribution in [0.5, 0.6) is 0 Å². The number of rotatable bonds is 1. The van der Waals surface area contributed by atoms with Gasteiger partial charge >= 0.3 is 9.05 Å². The van der Waals surface area contributed by atoms with Crippen molar-refractivity contribution < 1.29 is 12.8 Å². The van der Waals surface area contributed by atoms with Gasteiger partial charge in [0.05, 0.1) is 0 Å². The molecule has 0 aliphatic heterocycles. The third-order valence-electron chi connectivity index (χ3n) is 1.40. The van der Waals surface area contributed by atoms with Gasteiger partial charge in [0.1, 0.15) is 5.82 Å². The molecule has 0 N–H and O–H groups in total. The van der Waals surface area contributed by atoms with Crippen LogP contribution in [0.2, 0.25) is 0 Å². The van der Waals surface area contributed by atoms with E-state index >= 15 is 0 Å². The highest BCUT2D eigenvalue weighted by Gasteiger charge is 1.95. The molecule has 0 radical (unpaired) electrons. The van der Waals surface area contributed by atoms with Gasteiger partial charge in [-0.15, -0.1) is 0 Å². The minimum atomic E-state index is -3.77. The van der Waals surface area contributed by atoms with Gasteiger partial charge in [0.2, 0.25) is 0 Å². The monoisotopic (exact) mass is 232 g/mol. The molecule has 0 aromatic heterocycles. The maximum atomic E-state index is 12.4. The first-order valence-electron chi connectivity index (χ1n) is 3.66. The van der Waals surface area contributed by atoms with E-state index in [1.165, 1.54) is 24.3 Å². The summed E-state index contributed by atoms with van der Waals surface area (Å²) in [4.78, 5) is 0. The summed E-state index contributed by atoms with van der Waals surface area (Å²) in [5, 5.41) is 1.88. The van der Waals surface area contributed by atoms with Gasteiger partial charge in [0, 0.05) is 22.4 Å². The van der Waals surface area contributed by atoms with E-state index in [0.717, 1.165) is 5.56 Å². The largest absolute Gasteiger partial charge is 0.300 e. The van der Waals surface area contributed by atoms with Crippen LogP contribution in [0, 0.1) is 17.0 Å². The van der Waals surface area contributed by atoms with E-state index in [2.05, 4.69) is 5.92 Å². The Morgan fingerprint density at radius 2 is 1.86 bits per heavy atom. The molecule has 0 saturated carbocycles. The zero-order valence-corrected chi connectivity index (χ0v) is 8.57. The summed E-state index contributed by atoms with van der Waals surface area (Å²) in [5.74, 6) is 2.03. The standard InChI is InChI=1S/C9H6ClFO2S/c10-14(12,13)7-1-2-8-3-5-9(11)6-4-8/h3-6H,2H2. The third-order valence-corrected chi connectivity index (χ3v) is 2.02. The highest BCUT2D eigenvalue weighted by atomic mass is 35.7. The number of hydrogen-bond acceptors (Lipinski definition) is 2. The molecule has 14 heavy (non-hydrogen) atoms. The van der Waals surface area contributed by atoms with Gasteiger partial charge < -0.3 is 0 Å². The first-order chi connectivity index (χ1) is 6.47. The molecular formula is C9H6ClFO2S. The van der Waals surface area contributed by atoms with Gasteiger partial charge in [-0.25, -0.2) is 4.39 Å². The Morgan fingerprint density at radius 3 is 2.36 bits per heavy atom. The molecule has 0 atom stereocenters. The first-order valence-corrected chi connectivity index (χ1v) is 5.97. The molecule has 0 amide bonds. The molecule has 0 fully saturated rings. The van der Waals surface area contributed by atoms with Crippen LogP contribution in [0.1, 0.15) is 5.56 Å². The molecule has 0 spiro atoms. The Balaban J connectivity index is 2.70. The maximum Gasteiger partial charge on any atom is 0.300 e. The van der Waals surface area contributed by atoms with Crippen molar-refractivity contribution in [2.45, 2.75) is 6.42 Å². The van der Waals surface area contributed by atoms with E-state index in [1.54, 1.807) is 0 Å². The van der Waals surface area contributed by atoms with Crippen molar-refractivity contribution in [2.75, 3.05) is 0 Å². The van der Waals surface area contributed by atoms with E-state index in [1.807, 2.05) is 5.25 Å². The van der Waals surface area contributed by atoms with Crippen LogP contribution in [-0.4, -0.2) is 8.42 Å². The minimum absolute atomic E-state index is 0.228. The second-order valence-corrected chi connectivity index (χ2v) is 4.82. The summed E-state index contributed by atoms with van der Waals surface area (Å²) in [6.07, 6.45) is 0.228. The summed E-state index contributed by atoms with van der Waals surface area (Å²) >= 11 is 0. The topological polar surface area (TPSA) is 34.1 Å². The molecule has 2 nitrogen and oxygen atoms in total. The fraction of sp³-hybridized carbons (Fsp3) is 0.111. The number of hydrogen-bond donors (Lipinski definition) is 0. The van der Waals surface area contributed by atoms with E-state index < -0.39 is 9.05 Å². The van der Waals surface area contributed by atoms with E-state index in [0.29, 0.717) is 0 Å². The van der Waals surface area contributed by atoms with E-state index in [4.69, 9.17) is 10.7 Å². The van der Waals surface area contributed by atoms with Gasteiger partial charge in [-0.05, 0) is 17.7 Å². The lowest BCUT2D eigenvalue weighted by molar-refractivity contribution is 0.618. The van der Waals surface area contributed by atoms with Crippen molar-refractivity contribution in [3.8, 4) is 11.2 Å². The van der Waals surface area contributed by atoms with Crippen molar-refractivity contribution in [3.63, 3.8) is 0 Å². The quantitative estimate of drug-likeness (QED) is 0.548. The predicted octanol–water partition coefficient (Wildman–Crippen LogP) is 1.90. The van der Waals surface area contributed by atoms with E-state index in [9.17, 15) is 12.8 Å². The van der Waals surface area contributed by atoms with Gasteiger partial charge in [0.15, 0.2) is 0 Å². The molecule has 0 unspecified atom stereocenters. The molecular weight excluding hydrogens is 227 g/mol. The van der Waals surface area contributed by atoms with Crippen LogP contribution >= 0.6 is 10.7 Å². The smallest absolute Gasteiger partial charge is 0.207 e. The Labute approximate surface area is 86.1 Å². The highest BCUT2D eigenvalue weighted by Crippen LogP contribution is 2.03. The van der Waals surface area contributed by atoms with Gasteiger partial charge in [-0.2, -0.15) is 8.42 Å². The predicted molar refractivity (Wildman–Crippen MR) is 52.7 cm³/mol. The van der Waals surface area contributed by atoms with Crippen molar-refractivity contribution in [3.05, 3.63) is 35.6 Å². The van der Waals surface area contributed by atoms with Gasteiger partial charge in [-0.3, -0.25) is 0 Å². The lowest BCUT2D eigenvalue weighted by Gasteiger charge is -1.92. The van der Waals surface area contributed by atoms with E-state index in [-0.39, 0.29) is 12.2 Å². The average molecular weight is 233 g/mol. The molecule has 0 aliphatic rings. The Hall–Kier alpha value is -1.05. The lowest BCUT2D eigenvalue weighted by atomic mass is 10.2. The summed E-state index contributed by atoms with van der Waals surface area (Å²) in [6, 6.07) is 5.63. The second-order valence-electron chi connectivity index (χ2n) is 2.52. The summed E-state index contributed by atoms with van der Waals surface area (Å²) < 4.78 is 33.3. The average Bonchev–Trinajstić information content (AvgIpc) is 2.06. The Morgan fingerprint density at radius 1 is 1.29 bits per heavy atom. The third kappa shape index (κ3) is 4.26. The fourth-order valence-corrected chi connectivity index (χ4v) is 1.23. The van der Waals surface area contributed by atoms with Crippen LogP contribution in [-0.2, 0) is 15.5 Å². The molecule has 0 heterocycles. The molecule has 1 aromatic rings. The highest BCUT2D eigenvalue weighted by molar-refractivity contribution is 8.17. The van der Waals surface area contributed by atoms with Crippen LogP contribution in [0.15, 0.2) is 24.3 Å². The molecule has 74 valence electrons. The van der Waals surface area contributed by atoms with Gasteiger partial charge in [-0.1, -0.05) is 18.1 Å². The first kappa shape index (κ1) is 11.0. The van der Waals surface area contributed by atoms with Crippen LogP contribution in [0.25, 0.3) is 0 Å². The lowest BCUT2D eigenvalue weighted by Crippen LogP contribution is -1.84. The molecule has 0 bridgehead atoms. The minimum Gasteiger partial charge on any atom is -0.207 e. The SMILES string of the molecule is O=S(=O)(Cl)C#CCc1ccc(F)cc1. The zero-order valence-electron chi connectivity index (χ0n) is 7.00. The molecule has 0 saturated heterocycles. The maximum absolute atomic E-state index is 12.4. The fourth-order valence-electron chi connectivity index (χ4n) is 0.827. The van der Waals surface area contributed by atoms with Crippen molar-refractivity contribution in [2.24, 2.45) is 0 Å². The number of halogens is 2. The van der Waals surface area contributed by atoms with Crippen molar-refractivity contribution in [1.29, 1.82) is 0 Å². The Bertz CT molecular complexity index is 468. The number of benzene rings is 1. The summed E-state index contributed by atoms with van der Waals surface area (Å²) in [7, 11) is 1.10. The molecule has 0 aliphatic carbocycles.